The Kier molecular flexibility index (Phi) is 23.7. The lowest BCUT2D eigenvalue weighted by atomic mass is 10.0. The molecule has 2 aliphatic heterocycles. The molecule has 2 aromatic carbocycles. The minimum absolute atomic E-state index is 0.0232. The third-order valence-corrected chi connectivity index (χ3v) is 15.9. The number of benzene rings is 2. The number of fused-ring (bicyclic) bond motifs is 1. The lowest BCUT2D eigenvalue weighted by Gasteiger charge is -2.40. The smallest absolute Gasteiger partial charge is 0.386 e. The first kappa shape index (κ1) is 52.6. The number of nitrogens with one attached hydrogen (secondary N) is 5. The standard InChI is InChI=1S/C47H71N5O10SSi/c1-6-7-21-44(55)50-39(36(2)3)33-61-64(37-16-10-8-11-17-37,38-18-12-9-13-19-38)62-47(4,5)35-49-43(54)23-25-57-27-29-59-31-32-60-30-28-58-26-24-48-42(53)22-15-14-20-41-45-40(34-63-41)51-46(56)52-45/h1,8-13,16-19,36,39-41,45H,7,14-15,20-35H2,2-5H3,(H,48,53)(H,49,54)(H,50,55)(H2,51,52,56)/t39-,40+,41+,45+/m1/s1. The molecule has 2 fully saturated rings. The topological polar surface area (TPSA) is 184 Å². The molecule has 0 aliphatic carbocycles. The molecule has 0 bridgehead atoms. The van der Waals surface area contributed by atoms with Crippen molar-refractivity contribution in [2.45, 2.75) is 102 Å². The summed E-state index contributed by atoms with van der Waals surface area (Å²) in [7, 11) is -3.43. The van der Waals surface area contributed by atoms with Gasteiger partial charge in [-0.3, -0.25) is 14.4 Å². The van der Waals surface area contributed by atoms with Crippen molar-refractivity contribution >= 4 is 54.4 Å². The molecule has 354 valence electrons. The SMILES string of the molecule is C#CCCC(=O)N[C@H](CO[Si](OC(C)(C)CNC(=O)CCOCCOCCOCCOCCNC(=O)CCCC[C@@H]1SC[C@@H]2NC(=O)N[C@@H]21)(c1ccccc1)c1ccccc1)C(C)C. The molecule has 15 nitrogen and oxygen atoms in total. The maximum absolute atomic E-state index is 12.9. The number of urea groups is 1. The molecule has 2 aliphatic rings. The average Bonchev–Trinajstić information content (AvgIpc) is 3.85. The molecular weight excluding hydrogens is 855 g/mol. The quantitative estimate of drug-likeness (QED) is 0.0307. The van der Waals surface area contributed by atoms with E-state index in [0.717, 1.165) is 35.4 Å². The van der Waals surface area contributed by atoms with Gasteiger partial charge in [0.05, 0.1) is 83.2 Å². The van der Waals surface area contributed by atoms with Crippen molar-refractivity contribution in [2.24, 2.45) is 5.92 Å². The summed E-state index contributed by atoms with van der Waals surface area (Å²) in [6.07, 6.45) is 9.44. The Hall–Kier alpha value is -3.99. The van der Waals surface area contributed by atoms with Crippen LogP contribution in [0.25, 0.3) is 0 Å². The zero-order valence-electron chi connectivity index (χ0n) is 38.2. The van der Waals surface area contributed by atoms with Crippen LogP contribution in [-0.4, -0.2) is 140 Å². The number of rotatable bonds is 33. The van der Waals surface area contributed by atoms with E-state index in [-0.39, 0.29) is 80.4 Å². The van der Waals surface area contributed by atoms with Gasteiger partial charge >= 0.3 is 14.6 Å². The fourth-order valence-corrected chi connectivity index (χ4v) is 12.3. The Balaban J connectivity index is 1.05. The zero-order chi connectivity index (χ0) is 46.0. The van der Waals surface area contributed by atoms with Gasteiger partial charge in [-0.2, -0.15) is 11.8 Å². The molecule has 2 heterocycles. The normalized spacial score (nSPS) is 17.6. The molecule has 2 saturated heterocycles. The van der Waals surface area contributed by atoms with E-state index in [9.17, 15) is 19.2 Å². The summed E-state index contributed by atoms with van der Waals surface area (Å²) in [4.78, 5) is 49.3. The molecule has 5 amide bonds. The van der Waals surface area contributed by atoms with Crippen LogP contribution in [-0.2, 0) is 42.2 Å². The van der Waals surface area contributed by atoms with E-state index in [1.54, 1.807) is 0 Å². The maximum atomic E-state index is 12.9. The second-order valence-corrected chi connectivity index (χ2v) is 21.0. The number of thioether (sulfide) groups is 1. The Morgan fingerprint density at radius 3 is 2.00 bits per heavy atom. The number of amides is 5. The Bertz CT molecular complexity index is 1700. The third-order valence-electron chi connectivity index (χ3n) is 10.8. The van der Waals surface area contributed by atoms with Crippen molar-refractivity contribution in [3.63, 3.8) is 0 Å². The van der Waals surface area contributed by atoms with E-state index in [0.29, 0.717) is 70.9 Å². The van der Waals surface area contributed by atoms with Gasteiger partial charge in [-0.15, -0.1) is 12.3 Å². The second kappa shape index (κ2) is 28.8. The van der Waals surface area contributed by atoms with Crippen LogP contribution in [0.15, 0.2) is 60.7 Å². The van der Waals surface area contributed by atoms with Gasteiger partial charge in [-0.25, -0.2) is 4.79 Å². The van der Waals surface area contributed by atoms with E-state index in [1.807, 2.05) is 100 Å². The minimum Gasteiger partial charge on any atom is -0.386 e. The number of carbonyl (C=O) groups is 4. The van der Waals surface area contributed by atoms with Gasteiger partial charge in [-0.1, -0.05) is 80.9 Å². The summed E-state index contributed by atoms with van der Waals surface area (Å²) in [6, 6.07) is 19.8. The van der Waals surface area contributed by atoms with Gasteiger partial charge in [0.2, 0.25) is 17.7 Å². The van der Waals surface area contributed by atoms with Crippen molar-refractivity contribution in [1.82, 2.24) is 26.6 Å². The first-order chi connectivity index (χ1) is 30.9. The van der Waals surface area contributed by atoms with Crippen LogP contribution in [0.2, 0.25) is 0 Å². The lowest BCUT2D eigenvalue weighted by molar-refractivity contribution is -0.123. The van der Waals surface area contributed by atoms with E-state index < -0.39 is 14.2 Å². The van der Waals surface area contributed by atoms with E-state index in [1.165, 1.54) is 0 Å². The van der Waals surface area contributed by atoms with Gasteiger partial charge in [0.15, 0.2) is 0 Å². The molecule has 4 rings (SSSR count). The molecule has 2 aromatic rings. The third kappa shape index (κ3) is 18.8. The highest BCUT2D eigenvalue weighted by molar-refractivity contribution is 8.00. The largest absolute Gasteiger partial charge is 0.407 e. The predicted octanol–water partition coefficient (Wildman–Crippen LogP) is 3.02. The van der Waals surface area contributed by atoms with Crippen LogP contribution in [0, 0.1) is 18.3 Å². The molecule has 0 aromatic heterocycles. The minimum atomic E-state index is -3.43. The zero-order valence-corrected chi connectivity index (χ0v) is 40.0. The van der Waals surface area contributed by atoms with Crippen molar-refractivity contribution < 1.29 is 47.0 Å². The first-order valence-corrected chi connectivity index (χ1v) is 25.5. The highest BCUT2D eigenvalue weighted by Crippen LogP contribution is 2.33. The molecule has 0 spiro atoms. The van der Waals surface area contributed by atoms with Crippen molar-refractivity contribution in [3.8, 4) is 12.3 Å². The predicted molar refractivity (Wildman–Crippen MR) is 252 cm³/mol. The number of ether oxygens (including phenoxy) is 4. The monoisotopic (exact) mass is 925 g/mol. The number of hydrogen-bond acceptors (Lipinski definition) is 11. The maximum Gasteiger partial charge on any atom is 0.407 e. The first-order valence-electron chi connectivity index (χ1n) is 22.6. The van der Waals surface area contributed by atoms with Gasteiger partial charge in [0, 0.05) is 49.8 Å². The second-order valence-electron chi connectivity index (χ2n) is 16.8. The van der Waals surface area contributed by atoms with Gasteiger partial charge < -0.3 is 54.4 Å². The van der Waals surface area contributed by atoms with Crippen LogP contribution in [0.5, 0.6) is 0 Å². The Morgan fingerprint density at radius 2 is 1.39 bits per heavy atom. The molecule has 0 saturated carbocycles. The highest BCUT2D eigenvalue weighted by atomic mass is 32.2. The summed E-state index contributed by atoms with van der Waals surface area (Å²) >= 11 is 1.89. The van der Waals surface area contributed by atoms with Crippen LogP contribution < -0.4 is 37.0 Å². The summed E-state index contributed by atoms with van der Waals surface area (Å²) in [5.41, 5.74) is -0.839. The number of unbranched alkanes of at least 4 members (excludes halogenated alkanes) is 1. The number of terminal acetylenes is 1. The molecule has 0 unspecified atom stereocenters. The average molecular weight is 926 g/mol. The van der Waals surface area contributed by atoms with Crippen molar-refractivity contribution in [3.05, 3.63) is 60.7 Å². The summed E-state index contributed by atoms with van der Waals surface area (Å²) < 4.78 is 36.4. The van der Waals surface area contributed by atoms with Crippen LogP contribution in [0.1, 0.15) is 72.6 Å². The molecule has 17 heteroatoms. The van der Waals surface area contributed by atoms with E-state index in [4.69, 9.17) is 34.2 Å². The van der Waals surface area contributed by atoms with Gasteiger partial charge in [0.1, 0.15) is 0 Å². The molecule has 64 heavy (non-hydrogen) atoms. The molecule has 4 atom stereocenters. The molecule has 5 N–H and O–H groups in total. The van der Waals surface area contributed by atoms with Crippen molar-refractivity contribution in [2.75, 3.05) is 78.3 Å². The Morgan fingerprint density at radius 1 is 0.797 bits per heavy atom. The molecule has 0 radical (unpaired) electrons. The summed E-state index contributed by atoms with van der Waals surface area (Å²) in [5.74, 6) is 3.29. The summed E-state index contributed by atoms with van der Waals surface area (Å²) in [5, 5.41) is 17.2. The fourth-order valence-electron chi connectivity index (χ4n) is 7.25. The van der Waals surface area contributed by atoms with E-state index in [2.05, 4.69) is 32.5 Å². The fraction of sp³-hybridized carbons (Fsp3) is 0.617. The van der Waals surface area contributed by atoms with Crippen LogP contribution in [0.3, 0.4) is 0 Å². The van der Waals surface area contributed by atoms with Gasteiger partial charge in [0.25, 0.3) is 0 Å². The van der Waals surface area contributed by atoms with Crippen molar-refractivity contribution in [1.29, 1.82) is 0 Å². The molecular formula is C47H71N5O10SSi. The van der Waals surface area contributed by atoms with Crippen LogP contribution >= 0.6 is 11.8 Å². The van der Waals surface area contributed by atoms with Crippen LogP contribution in [0.4, 0.5) is 4.79 Å². The van der Waals surface area contributed by atoms with Gasteiger partial charge in [-0.05, 0) is 43.0 Å². The number of carbonyl (C=O) groups excluding carboxylic acids is 4. The highest BCUT2D eigenvalue weighted by Gasteiger charge is 2.48. The number of hydrogen-bond donors (Lipinski definition) is 5. The summed E-state index contributed by atoms with van der Waals surface area (Å²) in [6.45, 7) is 11.9. The van der Waals surface area contributed by atoms with E-state index >= 15 is 0 Å². The Labute approximate surface area is 385 Å². The lowest BCUT2D eigenvalue weighted by Crippen LogP contribution is -2.68.